The van der Waals surface area contributed by atoms with Gasteiger partial charge in [0.25, 0.3) is 0 Å². The van der Waals surface area contributed by atoms with Gasteiger partial charge in [-0.1, -0.05) is 20.3 Å². The van der Waals surface area contributed by atoms with E-state index < -0.39 is 0 Å². The van der Waals surface area contributed by atoms with E-state index in [9.17, 15) is 4.79 Å². The number of hydrogen-bond acceptors (Lipinski definition) is 2. The van der Waals surface area contributed by atoms with Crippen molar-refractivity contribution in [2.75, 3.05) is 19.6 Å². The highest BCUT2D eigenvalue weighted by atomic mass is 16.2. The van der Waals surface area contributed by atoms with Crippen LogP contribution in [0.4, 0.5) is 0 Å². The van der Waals surface area contributed by atoms with E-state index in [1.807, 2.05) is 0 Å². The predicted molar refractivity (Wildman–Crippen MR) is 69.8 cm³/mol. The Morgan fingerprint density at radius 2 is 2.18 bits per heavy atom. The molecule has 1 saturated heterocycles. The molecular weight excluding hydrogens is 212 g/mol. The van der Waals surface area contributed by atoms with Gasteiger partial charge in [-0.2, -0.15) is 0 Å². The van der Waals surface area contributed by atoms with Crippen molar-refractivity contribution in [3.8, 4) is 0 Å². The molecule has 1 heterocycles. The molecule has 1 amide bonds. The molecule has 98 valence electrons. The lowest BCUT2D eigenvalue weighted by Gasteiger charge is -2.34. The fourth-order valence-corrected chi connectivity index (χ4v) is 3.48. The Morgan fingerprint density at radius 1 is 1.41 bits per heavy atom. The number of likely N-dealkylation sites (N-methyl/N-ethyl adjacent to an activating group) is 1. The fraction of sp³-hybridized carbons (Fsp3) is 0.929. The van der Waals surface area contributed by atoms with E-state index in [-0.39, 0.29) is 11.3 Å². The molecule has 2 atom stereocenters. The molecule has 3 heteroatoms. The van der Waals surface area contributed by atoms with Crippen molar-refractivity contribution < 1.29 is 4.79 Å². The zero-order chi connectivity index (χ0) is 12.5. The van der Waals surface area contributed by atoms with Crippen LogP contribution in [0.5, 0.6) is 0 Å². The summed E-state index contributed by atoms with van der Waals surface area (Å²) in [6.07, 6.45) is 4.61. The summed E-state index contributed by atoms with van der Waals surface area (Å²) in [6.45, 7) is 9.51. The zero-order valence-electron chi connectivity index (χ0n) is 11.5. The fourth-order valence-electron chi connectivity index (χ4n) is 3.48. The number of carbonyl (C=O) groups is 1. The summed E-state index contributed by atoms with van der Waals surface area (Å²) in [4.78, 5) is 14.8. The molecule has 3 nitrogen and oxygen atoms in total. The lowest BCUT2D eigenvalue weighted by Crippen LogP contribution is -2.46. The number of nitrogens with zero attached hydrogens (tertiary/aromatic N) is 1. The standard InChI is InChI=1S/C14H26N2O/c1-4-16(11-7-9-15-10-11)13(17)12-6-5-8-14(12,2)3/h11-12,15H,4-10H2,1-3H3. The van der Waals surface area contributed by atoms with Crippen molar-refractivity contribution in [1.29, 1.82) is 0 Å². The minimum atomic E-state index is 0.205. The highest BCUT2D eigenvalue weighted by Gasteiger charge is 2.42. The Bertz CT molecular complexity index is 282. The first-order chi connectivity index (χ1) is 8.06. The summed E-state index contributed by atoms with van der Waals surface area (Å²) < 4.78 is 0. The van der Waals surface area contributed by atoms with Crippen molar-refractivity contribution >= 4 is 5.91 Å². The summed E-state index contributed by atoms with van der Waals surface area (Å²) in [5.74, 6) is 0.659. The zero-order valence-corrected chi connectivity index (χ0v) is 11.5. The van der Waals surface area contributed by atoms with Gasteiger partial charge in [0.1, 0.15) is 0 Å². The van der Waals surface area contributed by atoms with Gasteiger partial charge in [-0.05, 0) is 38.1 Å². The first-order valence-corrected chi connectivity index (χ1v) is 7.07. The third kappa shape index (κ3) is 2.49. The van der Waals surface area contributed by atoms with E-state index in [0.717, 1.165) is 32.5 Å². The van der Waals surface area contributed by atoms with E-state index in [4.69, 9.17) is 0 Å². The molecule has 0 aromatic rings. The lowest BCUT2D eigenvalue weighted by atomic mass is 9.81. The molecule has 1 saturated carbocycles. The monoisotopic (exact) mass is 238 g/mol. The van der Waals surface area contributed by atoms with Crippen LogP contribution >= 0.6 is 0 Å². The maximum atomic E-state index is 12.7. The van der Waals surface area contributed by atoms with Crippen LogP contribution in [-0.2, 0) is 4.79 Å². The molecule has 2 unspecified atom stereocenters. The Kier molecular flexibility index (Phi) is 3.76. The second-order valence-electron chi connectivity index (χ2n) is 6.20. The van der Waals surface area contributed by atoms with Gasteiger partial charge in [0.05, 0.1) is 0 Å². The smallest absolute Gasteiger partial charge is 0.226 e. The van der Waals surface area contributed by atoms with Gasteiger partial charge in [0, 0.05) is 25.0 Å². The average Bonchev–Trinajstić information content (AvgIpc) is 2.88. The van der Waals surface area contributed by atoms with Gasteiger partial charge in [0.15, 0.2) is 0 Å². The van der Waals surface area contributed by atoms with Crippen molar-refractivity contribution in [3.05, 3.63) is 0 Å². The van der Waals surface area contributed by atoms with Crippen LogP contribution in [0.15, 0.2) is 0 Å². The summed E-state index contributed by atoms with van der Waals surface area (Å²) in [5.41, 5.74) is 0.205. The molecule has 2 fully saturated rings. The van der Waals surface area contributed by atoms with Gasteiger partial charge in [-0.25, -0.2) is 0 Å². The third-order valence-electron chi connectivity index (χ3n) is 4.65. The second kappa shape index (κ2) is 4.97. The largest absolute Gasteiger partial charge is 0.338 e. The van der Waals surface area contributed by atoms with Crippen molar-refractivity contribution in [1.82, 2.24) is 10.2 Å². The van der Waals surface area contributed by atoms with Crippen molar-refractivity contribution in [2.45, 2.75) is 52.5 Å². The van der Waals surface area contributed by atoms with Crippen molar-refractivity contribution in [2.24, 2.45) is 11.3 Å². The normalized spacial score (nSPS) is 31.7. The van der Waals surface area contributed by atoms with Gasteiger partial charge in [-0.3, -0.25) is 4.79 Å². The molecule has 0 aromatic carbocycles. The van der Waals surface area contributed by atoms with E-state index in [1.165, 1.54) is 12.8 Å². The van der Waals surface area contributed by atoms with Crippen LogP contribution in [0, 0.1) is 11.3 Å². The maximum absolute atomic E-state index is 12.7. The van der Waals surface area contributed by atoms with Crippen LogP contribution in [0.2, 0.25) is 0 Å². The van der Waals surface area contributed by atoms with Crippen LogP contribution in [-0.4, -0.2) is 36.5 Å². The average molecular weight is 238 g/mol. The molecule has 1 aliphatic heterocycles. The summed E-state index contributed by atoms with van der Waals surface area (Å²) >= 11 is 0. The highest BCUT2D eigenvalue weighted by Crippen LogP contribution is 2.43. The number of nitrogens with one attached hydrogen (secondary N) is 1. The highest BCUT2D eigenvalue weighted by molar-refractivity contribution is 5.80. The number of carbonyl (C=O) groups excluding carboxylic acids is 1. The Hall–Kier alpha value is -0.570. The first kappa shape index (κ1) is 12.9. The van der Waals surface area contributed by atoms with Crippen LogP contribution in [0.25, 0.3) is 0 Å². The van der Waals surface area contributed by atoms with Crippen LogP contribution < -0.4 is 5.32 Å². The third-order valence-corrected chi connectivity index (χ3v) is 4.65. The molecule has 0 radical (unpaired) electrons. The number of hydrogen-bond donors (Lipinski definition) is 1. The summed E-state index contributed by atoms with van der Waals surface area (Å²) in [7, 11) is 0. The second-order valence-corrected chi connectivity index (χ2v) is 6.20. The molecule has 0 bridgehead atoms. The van der Waals surface area contributed by atoms with Crippen LogP contribution in [0.1, 0.15) is 46.5 Å². The SMILES string of the molecule is CCN(C(=O)C1CCCC1(C)C)C1CCNC1. The molecular formula is C14H26N2O. The topological polar surface area (TPSA) is 32.3 Å². The molecule has 0 aromatic heterocycles. The van der Waals surface area contributed by atoms with E-state index in [1.54, 1.807) is 0 Å². The first-order valence-electron chi connectivity index (χ1n) is 7.07. The Morgan fingerprint density at radius 3 is 2.65 bits per heavy atom. The van der Waals surface area contributed by atoms with E-state index in [0.29, 0.717) is 11.9 Å². The molecule has 2 aliphatic rings. The Labute approximate surface area is 105 Å². The van der Waals surface area contributed by atoms with Gasteiger partial charge in [0.2, 0.25) is 5.91 Å². The van der Waals surface area contributed by atoms with E-state index >= 15 is 0 Å². The summed E-state index contributed by atoms with van der Waals surface area (Å²) in [6, 6.07) is 0.434. The van der Waals surface area contributed by atoms with E-state index in [2.05, 4.69) is 31.0 Å². The predicted octanol–water partition coefficient (Wildman–Crippen LogP) is 2.02. The molecule has 1 aliphatic carbocycles. The van der Waals surface area contributed by atoms with Gasteiger partial charge >= 0.3 is 0 Å². The maximum Gasteiger partial charge on any atom is 0.226 e. The molecule has 17 heavy (non-hydrogen) atoms. The molecule has 1 N–H and O–H groups in total. The minimum absolute atomic E-state index is 0.205. The number of rotatable bonds is 3. The lowest BCUT2D eigenvalue weighted by molar-refractivity contribution is -0.140. The van der Waals surface area contributed by atoms with Crippen LogP contribution in [0.3, 0.4) is 0 Å². The molecule has 2 rings (SSSR count). The number of amides is 1. The quantitative estimate of drug-likeness (QED) is 0.816. The van der Waals surface area contributed by atoms with Crippen molar-refractivity contribution in [3.63, 3.8) is 0 Å². The summed E-state index contributed by atoms with van der Waals surface area (Å²) in [5, 5.41) is 3.36. The minimum Gasteiger partial charge on any atom is -0.338 e. The molecule has 0 spiro atoms. The van der Waals surface area contributed by atoms with Gasteiger partial charge in [-0.15, -0.1) is 0 Å². The Balaban J connectivity index is 2.06. The van der Waals surface area contributed by atoms with Gasteiger partial charge < -0.3 is 10.2 Å².